The van der Waals surface area contributed by atoms with E-state index in [1.54, 1.807) is 0 Å². The molecule has 0 unspecified atom stereocenters. The van der Waals surface area contributed by atoms with Crippen LogP contribution in [-0.4, -0.2) is 53.4 Å². The summed E-state index contributed by atoms with van der Waals surface area (Å²) < 4.78 is 11.6. The van der Waals surface area contributed by atoms with Crippen molar-refractivity contribution < 1.29 is 14.3 Å². The highest BCUT2D eigenvalue weighted by molar-refractivity contribution is 7.98. The highest BCUT2D eigenvalue weighted by Crippen LogP contribution is 2.36. The molecular formula is C20H37NO3S. The normalized spacial score (nSPS) is 27.7. The van der Waals surface area contributed by atoms with E-state index in [2.05, 4.69) is 13.2 Å². The fraction of sp³-hybridized carbons (Fsp3) is 0.950. The van der Waals surface area contributed by atoms with Gasteiger partial charge in [0.1, 0.15) is 5.72 Å². The van der Waals surface area contributed by atoms with Gasteiger partial charge in [0.25, 0.3) is 5.91 Å². The number of hydrogen-bond acceptors (Lipinski definition) is 4. The molecule has 1 amide bonds. The number of rotatable bonds is 12. The van der Waals surface area contributed by atoms with Crippen LogP contribution in [0.4, 0.5) is 0 Å². The van der Waals surface area contributed by atoms with Gasteiger partial charge in [0, 0.05) is 0 Å². The summed E-state index contributed by atoms with van der Waals surface area (Å²) >= 11 is 1.82. The molecule has 2 aliphatic heterocycles. The van der Waals surface area contributed by atoms with Gasteiger partial charge in [0.15, 0.2) is 6.10 Å². The zero-order valence-corrected chi connectivity index (χ0v) is 17.4. The number of amides is 1. The molecule has 5 heteroatoms. The molecule has 0 saturated carbocycles. The van der Waals surface area contributed by atoms with Crippen molar-refractivity contribution in [2.45, 2.75) is 103 Å². The van der Waals surface area contributed by atoms with Gasteiger partial charge in [-0.05, 0) is 38.7 Å². The summed E-state index contributed by atoms with van der Waals surface area (Å²) in [7, 11) is 0. The van der Waals surface area contributed by atoms with Crippen molar-refractivity contribution in [3.8, 4) is 0 Å². The summed E-state index contributed by atoms with van der Waals surface area (Å²) in [4.78, 5) is 14.9. The van der Waals surface area contributed by atoms with Crippen molar-refractivity contribution in [3.05, 3.63) is 0 Å². The fourth-order valence-corrected chi connectivity index (χ4v) is 4.32. The standard InChI is InChI=1S/C20H37NO3S/c1-5-6-7-8-9-10-11-12-17-18(24-17)19(22)21-16(13-14-25-4)15-23-20(21,2)3/h16-18H,5-15H2,1-4H3/t16-,17+,18-/m1/s1. The zero-order valence-electron chi connectivity index (χ0n) is 16.6. The molecule has 0 N–H and O–H groups in total. The van der Waals surface area contributed by atoms with E-state index < -0.39 is 5.72 Å². The van der Waals surface area contributed by atoms with Gasteiger partial charge in [-0.25, -0.2) is 0 Å². The van der Waals surface area contributed by atoms with E-state index in [0.717, 1.165) is 18.6 Å². The maximum Gasteiger partial charge on any atom is 0.257 e. The van der Waals surface area contributed by atoms with Crippen LogP contribution in [0.3, 0.4) is 0 Å². The summed E-state index contributed by atoms with van der Waals surface area (Å²) in [5.74, 6) is 1.20. The van der Waals surface area contributed by atoms with Crippen LogP contribution in [0, 0.1) is 0 Å². The minimum absolute atomic E-state index is 0.140. The Morgan fingerprint density at radius 3 is 2.48 bits per heavy atom. The Kier molecular flexibility index (Phi) is 8.56. The molecule has 0 aromatic heterocycles. The van der Waals surface area contributed by atoms with Gasteiger partial charge in [-0.3, -0.25) is 4.79 Å². The number of nitrogens with zero attached hydrogens (tertiary/aromatic N) is 1. The van der Waals surface area contributed by atoms with Crippen LogP contribution in [0.1, 0.15) is 78.6 Å². The molecule has 2 saturated heterocycles. The third-order valence-electron chi connectivity index (χ3n) is 5.38. The van der Waals surface area contributed by atoms with Gasteiger partial charge in [-0.2, -0.15) is 11.8 Å². The van der Waals surface area contributed by atoms with Crippen molar-refractivity contribution in [2.24, 2.45) is 0 Å². The van der Waals surface area contributed by atoms with Crippen molar-refractivity contribution in [1.29, 1.82) is 0 Å². The van der Waals surface area contributed by atoms with Gasteiger partial charge in [0.2, 0.25) is 0 Å². The molecule has 2 heterocycles. The second kappa shape index (κ2) is 10.2. The third-order valence-corrected chi connectivity index (χ3v) is 6.03. The van der Waals surface area contributed by atoms with Crippen LogP contribution in [0.2, 0.25) is 0 Å². The highest BCUT2D eigenvalue weighted by Gasteiger charge is 2.53. The number of carbonyl (C=O) groups is 1. The molecule has 3 atom stereocenters. The quantitative estimate of drug-likeness (QED) is 0.371. The van der Waals surface area contributed by atoms with Crippen LogP contribution in [0.5, 0.6) is 0 Å². The van der Waals surface area contributed by atoms with Gasteiger partial charge in [-0.1, -0.05) is 51.9 Å². The molecule has 25 heavy (non-hydrogen) atoms. The Morgan fingerprint density at radius 1 is 1.12 bits per heavy atom. The molecule has 2 aliphatic rings. The smallest absolute Gasteiger partial charge is 0.257 e. The first-order chi connectivity index (χ1) is 12.0. The lowest BCUT2D eigenvalue weighted by Crippen LogP contribution is -2.50. The van der Waals surface area contributed by atoms with Crippen LogP contribution >= 0.6 is 11.8 Å². The summed E-state index contributed by atoms with van der Waals surface area (Å²) in [5, 5.41) is 0. The Morgan fingerprint density at radius 2 is 1.80 bits per heavy atom. The topological polar surface area (TPSA) is 42.1 Å². The fourth-order valence-electron chi connectivity index (χ4n) is 3.81. The van der Waals surface area contributed by atoms with Crippen molar-refractivity contribution in [3.63, 3.8) is 0 Å². The van der Waals surface area contributed by atoms with Crippen LogP contribution in [-0.2, 0) is 14.3 Å². The first-order valence-corrected chi connectivity index (χ1v) is 11.5. The predicted octanol–water partition coefficient (Wildman–Crippen LogP) is 4.61. The van der Waals surface area contributed by atoms with E-state index in [1.165, 1.54) is 44.9 Å². The molecular weight excluding hydrogens is 334 g/mol. The lowest BCUT2D eigenvalue weighted by molar-refractivity contribution is -0.147. The largest absolute Gasteiger partial charge is 0.359 e. The van der Waals surface area contributed by atoms with E-state index >= 15 is 0 Å². The van der Waals surface area contributed by atoms with Gasteiger partial charge < -0.3 is 14.4 Å². The number of ether oxygens (including phenoxy) is 2. The molecule has 0 radical (unpaired) electrons. The lowest BCUT2D eigenvalue weighted by atomic mass is 10.1. The summed E-state index contributed by atoms with van der Waals surface area (Å²) in [6, 6.07) is 0.193. The van der Waals surface area contributed by atoms with Crippen molar-refractivity contribution in [1.82, 2.24) is 4.90 Å². The van der Waals surface area contributed by atoms with Crippen LogP contribution in [0.25, 0.3) is 0 Å². The molecule has 0 spiro atoms. The average molecular weight is 372 g/mol. The van der Waals surface area contributed by atoms with Crippen molar-refractivity contribution in [2.75, 3.05) is 18.6 Å². The molecule has 2 rings (SSSR count). The van der Waals surface area contributed by atoms with Crippen LogP contribution < -0.4 is 0 Å². The Labute approximate surface area is 158 Å². The number of carbonyl (C=O) groups excluding carboxylic acids is 1. The summed E-state index contributed by atoms with van der Waals surface area (Å²) in [5.41, 5.74) is -0.504. The van der Waals surface area contributed by atoms with Gasteiger partial charge in [0.05, 0.1) is 18.8 Å². The van der Waals surface area contributed by atoms with Crippen LogP contribution in [0.15, 0.2) is 0 Å². The van der Waals surface area contributed by atoms with E-state index in [-0.39, 0.29) is 24.2 Å². The molecule has 4 nitrogen and oxygen atoms in total. The average Bonchev–Trinajstić information content (AvgIpc) is 3.29. The second-order valence-electron chi connectivity index (χ2n) is 7.91. The highest BCUT2D eigenvalue weighted by atomic mass is 32.2. The third kappa shape index (κ3) is 6.14. The zero-order chi connectivity index (χ0) is 18.3. The Hall–Kier alpha value is -0.260. The molecule has 0 aliphatic carbocycles. The monoisotopic (exact) mass is 371 g/mol. The maximum absolute atomic E-state index is 12.9. The van der Waals surface area contributed by atoms with E-state index in [1.807, 2.05) is 30.5 Å². The SMILES string of the molecule is CCCCCCCCC[C@@H]1O[C@H]1C(=O)N1[C@H](CCSC)COC1(C)C. The number of epoxide rings is 1. The summed E-state index contributed by atoms with van der Waals surface area (Å²) in [6.07, 6.45) is 13.2. The minimum Gasteiger partial charge on any atom is -0.359 e. The van der Waals surface area contributed by atoms with E-state index in [4.69, 9.17) is 9.47 Å². The molecule has 2 fully saturated rings. The lowest BCUT2D eigenvalue weighted by Gasteiger charge is -2.33. The first-order valence-electron chi connectivity index (χ1n) is 10.1. The Balaban J connectivity index is 1.70. The molecule has 0 bridgehead atoms. The van der Waals surface area contributed by atoms with E-state index in [9.17, 15) is 4.79 Å². The molecule has 0 aromatic carbocycles. The Bertz CT molecular complexity index is 416. The number of thioether (sulfide) groups is 1. The summed E-state index contributed by atoms with van der Waals surface area (Å²) in [6.45, 7) is 6.89. The first kappa shape index (κ1) is 21.0. The minimum atomic E-state index is -0.504. The van der Waals surface area contributed by atoms with Gasteiger partial charge >= 0.3 is 0 Å². The predicted molar refractivity (Wildman–Crippen MR) is 105 cm³/mol. The van der Waals surface area contributed by atoms with E-state index in [0.29, 0.717) is 6.61 Å². The molecule has 0 aromatic rings. The molecule has 146 valence electrons. The maximum atomic E-state index is 12.9. The van der Waals surface area contributed by atoms with Crippen molar-refractivity contribution >= 4 is 17.7 Å². The number of unbranched alkanes of at least 4 members (excludes halogenated alkanes) is 6. The van der Waals surface area contributed by atoms with Gasteiger partial charge in [-0.15, -0.1) is 0 Å². The number of hydrogen-bond donors (Lipinski definition) is 0. The second-order valence-corrected chi connectivity index (χ2v) is 8.89.